The van der Waals surface area contributed by atoms with Crippen LogP contribution in [0.1, 0.15) is 16.3 Å². The van der Waals surface area contributed by atoms with Crippen molar-refractivity contribution in [3.8, 4) is 11.4 Å². The number of nitrogens with one attached hydrogen (secondary N) is 1. The van der Waals surface area contributed by atoms with Gasteiger partial charge >= 0.3 is 0 Å². The Morgan fingerprint density at radius 2 is 1.76 bits per heavy atom. The number of carbonyl (C=O) groups excluding carboxylic acids is 1. The first kappa shape index (κ1) is 21.4. The van der Waals surface area contributed by atoms with Gasteiger partial charge in [0, 0.05) is 28.0 Å². The summed E-state index contributed by atoms with van der Waals surface area (Å²) in [5.74, 6) is -0.204. The lowest BCUT2D eigenvalue weighted by atomic mass is 10.3. The second-order valence-corrected chi connectivity index (χ2v) is 8.83. The van der Waals surface area contributed by atoms with Crippen molar-refractivity contribution in [3.05, 3.63) is 69.2 Å². The van der Waals surface area contributed by atoms with Crippen LogP contribution in [-0.2, 0) is 10.0 Å². The summed E-state index contributed by atoms with van der Waals surface area (Å²) in [6.07, 6.45) is 1.38. The average molecular weight is 475 g/mol. The molecule has 0 saturated heterocycles. The summed E-state index contributed by atoms with van der Waals surface area (Å²) in [4.78, 5) is 16.4. The minimum absolute atomic E-state index is 0.0543. The summed E-state index contributed by atoms with van der Waals surface area (Å²) in [7, 11) is -2.87. The molecule has 0 aliphatic rings. The van der Waals surface area contributed by atoms with E-state index in [1.807, 2.05) is 4.72 Å². The van der Waals surface area contributed by atoms with Crippen LogP contribution in [0.3, 0.4) is 0 Å². The molecule has 0 unspecified atom stereocenters. The number of hydrogen-bond acceptors (Lipinski definition) is 5. The molecule has 11 heteroatoms. The number of benzene rings is 2. The Morgan fingerprint density at radius 3 is 2.38 bits per heavy atom. The van der Waals surface area contributed by atoms with Crippen LogP contribution in [0.15, 0.2) is 47.5 Å². The zero-order valence-electron chi connectivity index (χ0n) is 15.1. The number of aromatic nitrogens is 2. The van der Waals surface area contributed by atoms with Gasteiger partial charge in [-0.2, -0.15) is 0 Å². The van der Waals surface area contributed by atoms with Crippen LogP contribution in [0.2, 0.25) is 15.1 Å². The molecule has 3 aromatic rings. The summed E-state index contributed by atoms with van der Waals surface area (Å²) in [6.45, 7) is 1.65. The third-order valence-corrected chi connectivity index (χ3v) is 6.14. The quantitative estimate of drug-likeness (QED) is 0.596. The van der Waals surface area contributed by atoms with Gasteiger partial charge in [-0.15, -0.1) is 0 Å². The Morgan fingerprint density at radius 1 is 1.10 bits per heavy atom. The van der Waals surface area contributed by atoms with Gasteiger partial charge < -0.3 is 9.30 Å². The number of amides is 1. The highest BCUT2D eigenvalue weighted by Crippen LogP contribution is 2.26. The van der Waals surface area contributed by atoms with Crippen LogP contribution in [0.5, 0.6) is 5.75 Å². The number of halogens is 3. The standard InChI is InChI=1S/C18H14Cl3N3O4S/c1-10-22-16(9-24(10)13-6-11(19)5-12(20)7-13)18(25)23-29(26,27)17-8-14(28-2)3-4-15(17)21/h3-9H,1-2H3,(H,23,25). The van der Waals surface area contributed by atoms with Gasteiger partial charge in [-0.05, 0) is 37.3 Å². The van der Waals surface area contributed by atoms with Crippen LogP contribution in [0, 0.1) is 6.92 Å². The van der Waals surface area contributed by atoms with Crippen molar-refractivity contribution in [3.63, 3.8) is 0 Å². The third kappa shape index (κ3) is 4.67. The van der Waals surface area contributed by atoms with E-state index in [0.29, 0.717) is 21.6 Å². The topological polar surface area (TPSA) is 90.3 Å². The van der Waals surface area contributed by atoms with Crippen molar-refractivity contribution in [2.24, 2.45) is 0 Å². The number of aryl methyl sites for hydroxylation is 1. The molecule has 0 saturated carbocycles. The van der Waals surface area contributed by atoms with Crippen molar-refractivity contribution in [1.82, 2.24) is 14.3 Å². The number of imidazole rings is 1. The lowest BCUT2D eigenvalue weighted by molar-refractivity contribution is 0.0977. The molecule has 0 spiro atoms. The highest BCUT2D eigenvalue weighted by molar-refractivity contribution is 7.90. The monoisotopic (exact) mass is 473 g/mol. The van der Waals surface area contributed by atoms with Crippen LogP contribution < -0.4 is 9.46 Å². The summed E-state index contributed by atoms with van der Waals surface area (Å²) < 4.78 is 33.8. The second kappa shape index (κ2) is 8.23. The van der Waals surface area contributed by atoms with Gasteiger partial charge in [-0.3, -0.25) is 4.79 Å². The molecular formula is C18H14Cl3N3O4S. The lowest BCUT2D eigenvalue weighted by Crippen LogP contribution is -2.31. The van der Waals surface area contributed by atoms with E-state index in [-0.39, 0.29) is 21.4 Å². The Hall–Kier alpha value is -2.26. The highest BCUT2D eigenvalue weighted by Gasteiger charge is 2.24. The molecule has 0 radical (unpaired) electrons. The predicted molar refractivity (Wildman–Crippen MR) is 111 cm³/mol. The molecule has 0 aliphatic carbocycles. The van der Waals surface area contributed by atoms with Crippen LogP contribution in [0.25, 0.3) is 5.69 Å². The van der Waals surface area contributed by atoms with Gasteiger partial charge in [0.2, 0.25) is 0 Å². The Labute approximate surface area is 182 Å². The van der Waals surface area contributed by atoms with Crippen molar-refractivity contribution < 1.29 is 17.9 Å². The number of sulfonamides is 1. The highest BCUT2D eigenvalue weighted by atomic mass is 35.5. The Bertz CT molecular complexity index is 1190. The SMILES string of the molecule is COc1ccc(Cl)c(S(=O)(=O)NC(=O)c2cn(-c3cc(Cl)cc(Cl)c3)c(C)n2)c1. The molecule has 0 aliphatic heterocycles. The molecule has 1 heterocycles. The van der Waals surface area contributed by atoms with Crippen LogP contribution >= 0.6 is 34.8 Å². The zero-order valence-corrected chi connectivity index (χ0v) is 18.2. The van der Waals surface area contributed by atoms with Crippen molar-refractivity contribution in [2.45, 2.75) is 11.8 Å². The maximum absolute atomic E-state index is 12.6. The summed E-state index contributed by atoms with van der Waals surface area (Å²) in [6, 6.07) is 8.92. The van der Waals surface area contributed by atoms with Crippen LogP contribution in [0.4, 0.5) is 0 Å². The van der Waals surface area contributed by atoms with Gasteiger partial charge in [0.1, 0.15) is 22.2 Å². The van der Waals surface area contributed by atoms with E-state index in [4.69, 9.17) is 39.5 Å². The van der Waals surface area contributed by atoms with Gasteiger partial charge in [0.25, 0.3) is 15.9 Å². The first-order valence-corrected chi connectivity index (χ1v) is 10.7. The largest absolute Gasteiger partial charge is 0.497 e. The smallest absolute Gasteiger partial charge is 0.285 e. The van der Waals surface area contributed by atoms with E-state index in [1.54, 1.807) is 29.7 Å². The van der Waals surface area contributed by atoms with E-state index in [1.165, 1.54) is 31.5 Å². The summed E-state index contributed by atoms with van der Waals surface area (Å²) in [5.41, 5.74) is 0.464. The van der Waals surface area contributed by atoms with Crippen LogP contribution in [-0.4, -0.2) is 31.0 Å². The first-order chi connectivity index (χ1) is 13.6. The fraction of sp³-hybridized carbons (Fsp3) is 0.111. The molecule has 2 aromatic carbocycles. The van der Waals surface area contributed by atoms with E-state index in [2.05, 4.69) is 4.98 Å². The number of nitrogens with zero attached hydrogens (tertiary/aromatic N) is 2. The van der Waals surface area contributed by atoms with Gasteiger partial charge in [-0.1, -0.05) is 34.8 Å². The van der Waals surface area contributed by atoms with Gasteiger partial charge in [-0.25, -0.2) is 18.1 Å². The minimum atomic E-state index is -4.26. The van der Waals surface area contributed by atoms with Gasteiger partial charge in [0.15, 0.2) is 0 Å². The normalized spacial score (nSPS) is 11.3. The van der Waals surface area contributed by atoms with Crippen molar-refractivity contribution in [1.29, 1.82) is 0 Å². The molecule has 3 rings (SSSR count). The maximum Gasteiger partial charge on any atom is 0.285 e. The minimum Gasteiger partial charge on any atom is -0.497 e. The maximum atomic E-state index is 12.6. The van der Waals surface area contributed by atoms with Crippen molar-refractivity contribution >= 4 is 50.7 Å². The molecule has 29 heavy (non-hydrogen) atoms. The van der Waals surface area contributed by atoms with E-state index in [9.17, 15) is 13.2 Å². The molecule has 152 valence electrons. The number of methoxy groups -OCH3 is 1. The predicted octanol–water partition coefficient (Wildman–Crippen LogP) is 4.27. The molecule has 0 bridgehead atoms. The number of carbonyl (C=O) groups is 1. The molecule has 1 aromatic heterocycles. The van der Waals surface area contributed by atoms with Crippen molar-refractivity contribution in [2.75, 3.05) is 7.11 Å². The molecule has 0 fully saturated rings. The second-order valence-electron chi connectivity index (χ2n) is 5.90. The number of hydrogen-bond donors (Lipinski definition) is 1. The third-order valence-electron chi connectivity index (χ3n) is 3.90. The molecule has 1 amide bonds. The zero-order chi connectivity index (χ0) is 21.3. The van der Waals surface area contributed by atoms with E-state index < -0.39 is 15.9 Å². The molecule has 1 N–H and O–H groups in total. The average Bonchev–Trinajstić information content (AvgIpc) is 3.03. The Kier molecular flexibility index (Phi) is 6.09. The lowest BCUT2D eigenvalue weighted by Gasteiger charge is -2.09. The Balaban J connectivity index is 1.92. The molecule has 0 atom stereocenters. The van der Waals surface area contributed by atoms with E-state index in [0.717, 1.165) is 0 Å². The van der Waals surface area contributed by atoms with E-state index >= 15 is 0 Å². The fourth-order valence-electron chi connectivity index (χ4n) is 2.57. The number of ether oxygens (including phenoxy) is 1. The number of rotatable bonds is 5. The van der Waals surface area contributed by atoms with Gasteiger partial charge in [0.05, 0.1) is 12.1 Å². The summed E-state index contributed by atoms with van der Waals surface area (Å²) in [5, 5.41) is 0.755. The first-order valence-electron chi connectivity index (χ1n) is 8.04. The molecule has 7 nitrogen and oxygen atoms in total. The fourth-order valence-corrected chi connectivity index (χ4v) is 4.56. The molecular weight excluding hydrogens is 461 g/mol. The summed E-state index contributed by atoms with van der Waals surface area (Å²) >= 11 is 18.0.